The minimum absolute atomic E-state index is 0.0280. The summed E-state index contributed by atoms with van der Waals surface area (Å²) in [6, 6.07) is 9.32. The van der Waals surface area contributed by atoms with Crippen LogP contribution in [0.2, 0.25) is 10.0 Å². The molecule has 0 bridgehead atoms. The van der Waals surface area contributed by atoms with Crippen molar-refractivity contribution in [1.29, 1.82) is 0 Å². The number of methoxy groups -OCH3 is 1. The number of rotatable bonds is 8. The summed E-state index contributed by atoms with van der Waals surface area (Å²) in [6.45, 7) is 2.95. The predicted molar refractivity (Wildman–Crippen MR) is 143 cm³/mol. The van der Waals surface area contributed by atoms with E-state index in [2.05, 4.69) is 4.99 Å². The number of aliphatic carboxylic acids is 1. The molecule has 0 radical (unpaired) electrons. The quantitative estimate of drug-likeness (QED) is 0.407. The first-order chi connectivity index (χ1) is 18.2. The van der Waals surface area contributed by atoms with E-state index in [1.54, 1.807) is 44.2 Å². The first kappa shape index (κ1) is 27.4. The first-order valence-corrected chi connectivity index (χ1v) is 12.9. The van der Waals surface area contributed by atoms with Gasteiger partial charge in [-0.05, 0) is 43.7 Å². The lowest BCUT2D eigenvalue weighted by Crippen LogP contribution is -2.40. The van der Waals surface area contributed by atoms with Crippen molar-refractivity contribution in [1.82, 2.24) is 4.57 Å². The van der Waals surface area contributed by atoms with E-state index in [0.29, 0.717) is 31.9 Å². The number of carbonyl (C=O) groups is 2. The van der Waals surface area contributed by atoms with Gasteiger partial charge in [-0.1, -0.05) is 52.7 Å². The average molecular weight is 577 g/mol. The van der Waals surface area contributed by atoms with Crippen molar-refractivity contribution >= 4 is 52.6 Å². The van der Waals surface area contributed by atoms with Crippen LogP contribution in [-0.4, -0.2) is 41.9 Å². The van der Waals surface area contributed by atoms with Gasteiger partial charge in [-0.25, -0.2) is 14.6 Å². The lowest BCUT2D eigenvalue weighted by atomic mass is 9.95. The smallest absolute Gasteiger partial charge is 0.341 e. The Morgan fingerprint density at radius 1 is 1.21 bits per heavy atom. The molecule has 2 aromatic carbocycles. The van der Waals surface area contributed by atoms with E-state index >= 15 is 0 Å². The Morgan fingerprint density at radius 2 is 1.89 bits per heavy atom. The van der Waals surface area contributed by atoms with Crippen LogP contribution in [0.4, 0.5) is 0 Å². The summed E-state index contributed by atoms with van der Waals surface area (Å²) in [5, 5.41) is 9.03. The number of carboxylic acids is 1. The Hall–Kier alpha value is -3.60. The molecule has 0 unspecified atom stereocenters. The van der Waals surface area contributed by atoms with Crippen LogP contribution in [0.3, 0.4) is 0 Å². The van der Waals surface area contributed by atoms with Crippen LogP contribution in [0.5, 0.6) is 11.5 Å². The molecule has 0 spiro atoms. The molecule has 1 aromatic heterocycles. The monoisotopic (exact) mass is 576 g/mol. The van der Waals surface area contributed by atoms with Crippen molar-refractivity contribution < 1.29 is 28.9 Å². The largest absolute Gasteiger partial charge is 0.496 e. The normalized spacial score (nSPS) is 15.1. The van der Waals surface area contributed by atoms with Crippen LogP contribution in [-0.2, 0) is 14.3 Å². The number of fused-ring (bicyclic) bond motifs is 1. The molecule has 198 valence electrons. The highest BCUT2D eigenvalue weighted by molar-refractivity contribution is 7.07. The van der Waals surface area contributed by atoms with Gasteiger partial charge in [-0.2, -0.15) is 0 Å². The molecule has 0 aliphatic carbocycles. The van der Waals surface area contributed by atoms with Crippen LogP contribution in [0, 0.1) is 0 Å². The third-order valence-electron chi connectivity index (χ3n) is 5.61. The number of hydrogen-bond donors (Lipinski definition) is 1. The molecule has 0 saturated heterocycles. The number of aromatic nitrogens is 1. The van der Waals surface area contributed by atoms with Gasteiger partial charge in [0.25, 0.3) is 5.56 Å². The van der Waals surface area contributed by atoms with Crippen LogP contribution in [0.15, 0.2) is 57.5 Å². The van der Waals surface area contributed by atoms with Crippen molar-refractivity contribution in [2.45, 2.75) is 19.9 Å². The number of halogens is 2. The van der Waals surface area contributed by atoms with E-state index in [4.69, 9.17) is 42.5 Å². The zero-order chi connectivity index (χ0) is 27.6. The SMILES string of the molecule is CCOC(=O)C1=C(C)N=c2s/c(=C\c3cc(Cl)c(OCC(=O)O)c(Cl)c3)c(=O)n2[C@H]1c1ccccc1OC. The molecule has 0 fully saturated rings. The molecular weight excluding hydrogens is 555 g/mol. The fourth-order valence-electron chi connectivity index (χ4n) is 4.06. The lowest BCUT2D eigenvalue weighted by Gasteiger charge is -2.25. The highest BCUT2D eigenvalue weighted by Gasteiger charge is 2.35. The van der Waals surface area contributed by atoms with E-state index in [-0.39, 0.29) is 28.0 Å². The van der Waals surface area contributed by atoms with Crippen LogP contribution >= 0.6 is 34.5 Å². The van der Waals surface area contributed by atoms with Gasteiger partial charge in [0.15, 0.2) is 17.2 Å². The summed E-state index contributed by atoms with van der Waals surface area (Å²) < 4.78 is 17.8. The van der Waals surface area contributed by atoms with Gasteiger partial charge in [0.1, 0.15) is 11.8 Å². The summed E-state index contributed by atoms with van der Waals surface area (Å²) in [4.78, 5) is 42.6. The van der Waals surface area contributed by atoms with Crippen LogP contribution in [0.25, 0.3) is 6.08 Å². The zero-order valence-corrected chi connectivity index (χ0v) is 22.8. The second-order valence-electron chi connectivity index (χ2n) is 8.04. The minimum Gasteiger partial charge on any atom is -0.496 e. The second kappa shape index (κ2) is 11.4. The summed E-state index contributed by atoms with van der Waals surface area (Å²) in [5.74, 6) is -1.22. The summed E-state index contributed by atoms with van der Waals surface area (Å²) in [6.07, 6.45) is 1.59. The highest BCUT2D eigenvalue weighted by Crippen LogP contribution is 2.36. The predicted octanol–water partition coefficient (Wildman–Crippen LogP) is 3.58. The number of nitrogens with zero attached hydrogens (tertiary/aromatic N) is 2. The summed E-state index contributed by atoms with van der Waals surface area (Å²) in [5.41, 5.74) is 1.37. The van der Waals surface area contributed by atoms with E-state index in [1.165, 1.54) is 23.8 Å². The molecule has 2 heterocycles. The standard InChI is InChI=1S/C26H22Cl2N2O7S/c1-4-36-25(34)21-13(2)29-26-30(22(21)15-7-5-6-8-18(15)35-3)24(33)19(38-26)11-14-9-16(27)23(17(28)10-14)37-12-20(31)32/h5-11,22H,4,12H2,1-3H3,(H,31,32)/b19-11-/t22-/m0/s1. The first-order valence-electron chi connectivity index (χ1n) is 11.3. The fourth-order valence-corrected chi connectivity index (χ4v) is 5.72. The maximum Gasteiger partial charge on any atom is 0.341 e. The van der Waals surface area contributed by atoms with Gasteiger partial charge >= 0.3 is 11.9 Å². The second-order valence-corrected chi connectivity index (χ2v) is 9.86. The van der Waals surface area contributed by atoms with Crippen LogP contribution in [0.1, 0.15) is 31.0 Å². The Bertz CT molecular complexity index is 1620. The number of benzene rings is 2. The maximum atomic E-state index is 13.8. The number of para-hydroxylation sites is 1. The molecule has 1 N–H and O–H groups in total. The van der Waals surface area contributed by atoms with Gasteiger partial charge in [-0.3, -0.25) is 9.36 Å². The Labute approximate surface area is 230 Å². The molecule has 1 aliphatic heterocycles. The number of carbonyl (C=O) groups excluding carboxylic acids is 1. The van der Waals surface area contributed by atoms with E-state index < -0.39 is 30.1 Å². The molecule has 9 nitrogen and oxygen atoms in total. The Kier molecular flexibility index (Phi) is 8.25. The Balaban J connectivity index is 1.90. The van der Waals surface area contributed by atoms with Crippen LogP contribution < -0.4 is 24.4 Å². The number of ether oxygens (including phenoxy) is 3. The van der Waals surface area contributed by atoms with Crippen molar-refractivity contribution in [3.63, 3.8) is 0 Å². The molecule has 1 aliphatic rings. The Morgan fingerprint density at radius 3 is 2.53 bits per heavy atom. The third-order valence-corrected chi connectivity index (χ3v) is 7.15. The van der Waals surface area contributed by atoms with E-state index in [9.17, 15) is 14.4 Å². The highest BCUT2D eigenvalue weighted by atomic mass is 35.5. The summed E-state index contributed by atoms with van der Waals surface area (Å²) in [7, 11) is 1.51. The van der Waals surface area contributed by atoms with E-state index in [0.717, 1.165) is 11.3 Å². The number of allylic oxidation sites excluding steroid dienone is 1. The summed E-state index contributed by atoms with van der Waals surface area (Å²) >= 11 is 13.7. The topological polar surface area (TPSA) is 116 Å². The number of carboxylic acid groups (broad SMARTS) is 1. The number of hydrogen-bond acceptors (Lipinski definition) is 8. The van der Waals surface area contributed by atoms with Gasteiger partial charge in [0.2, 0.25) is 0 Å². The van der Waals surface area contributed by atoms with Gasteiger partial charge in [-0.15, -0.1) is 0 Å². The molecule has 38 heavy (non-hydrogen) atoms. The van der Waals surface area contributed by atoms with E-state index in [1.807, 2.05) is 0 Å². The average Bonchev–Trinajstić information content (AvgIpc) is 3.16. The third kappa shape index (κ3) is 5.33. The van der Waals surface area contributed by atoms with Crippen molar-refractivity contribution in [3.05, 3.63) is 88.5 Å². The molecule has 3 aromatic rings. The molecule has 12 heteroatoms. The molecule has 0 amide bonds. The van der Waals surface area contributed by atoms with Crippen molar-refractivity contribution in [2.24, 2.45) is 4.99 Å². The molecule has 4 rings (SSSR count). The van der Waals surface area contributed by atoms with Gasteiger partial charge in [0, 0.05) is 5.56 Å². The number of thiazole rings is 1. The van der Waals surface area contributed by atoms with Gasteiger partial charge in [0.05, 0.1) is 39.6 Å². The molecule has 1 atom stereocenters. The minimum atomic E-state index is -1.18. The maximum absolute atomic E-state index is 13.8. The lowest BCUT2D eigenvalue weighted by molar-refractivity contribution is -0.140. The van der Waals surface area contributed by atoms with Crippen molar-refractivity contribution in [2.75, 3.05) is 20.3 Å². The molecular formula is C26H22Cl2N2O7S. The van der Waals surface area contributed by atoms with Crippen molar-refractivity contribution in [3.8, 4) is 11.5 Å². The number of esters is 1. The fraction of sp³-hybridized carbons (Fsp3) is 0.231. The molecule has 0 saturated carbocycles. The zero-order valence-electron chi connectivity index (χ0n) is 20.5. The van der Waals surface area contributed by atoms with Gasteiger partial charge < -0.3 is 19.3 Å².